The van der Waals surface area contributed by atoms with Gasteiger partial charge in [-0.05, 0) is 26.4 Å². The maximum absolute atomic E-state index is 11.3. The number of nitrogens with zero attached hydrogens (tertiary/aromatic N) is 4. The van der Waals surface area contributed by atoms with E-state index in [0.29, 0.717) is 5.69 Å². The number of piperidine rings is 1. The van der Waals surface area contributed by atoms with Crippen molar-refractivity contribution in [2.45, 2.75) is 18.9 Å². The zero-order valence-electron chi connectivity index (χ0n) is 11.0. The molecule has 19 heavy (non-hydrogen) atoms. The van der Waals surface area contributed by atoms with Crippen molar-refractivity contribution < 1.29 is 8.42 Å². The Morgan fingerprint density at radius 1 is 1.47 bits per heavy atom. The van der Waals surface area contributed by atoms with Crippen LogP contribution in [0.2, 0.25) is 0 Å². The van der Waals surface area contributed by atoms with E-state index in [2.05, 4.69) is 15.4 Å². The van der Waals surface area contributed by atoms with Crippen LogP contribution in [0.25, 0.3) is 0 Å². The predicted molar refractivity (Wildman–Crippen MR) is 76.9 cm³/mol. The molecule has 110 valence electrons. The van der Waals surface area contributed by atoms with Crippen molar-refractivity contribution in [3.8, 4) is 0 Å². The minimum absolute atomic E-state index is 0. The summed E-state index contributed by atoms with van der Waals surface area (Å²) in [5.41, 5.74) is 3.60. The van der Waals surface area contributed by atoms with Gasteiger partial charge in [0, 0.05) is 19.6 Å². The van der Waals surface area contributed by atoms with Crippen LogP contribution in [-0.4, -0.2) is 49.3 Å². The largest absolute Gasteiger partial charge is 0.305 e. The molecule has 0 aliphatic carbocycles. The molecule has 1 saturated heterocycles. The number of anilines is 1. The second-order valence-corrected chi connectivity index (χ2v) is 5.53. The van der Waals surface area contributed by atoms with E-state index in [1.807, 2.05) is 7.05 Å². The quantitative estimate of drug-likeness (QED) is 0.594. The first-order valence-corrected chi connectivity index (χ1v) is 7.07. The summed E-state index contributed by atoms with van der Waals surface area (Å²) in [5, 5.41) is 3.99. The molecule has 0 bridgehead atoms. The maximum Gasteiger partial charge on any atom is 0.238 e. The average molecular weight is 310 g/mol. The van der Waals surface area contributed by atoms with Crippen LogP contribution in [0.5, 0.6) is 0 Å². The number of hydrogen-bond acceptors (Lipinski definition) is 5. The highest BCUT2D eigenvalue weighted by atomic mass is 35.5. The van der Waals surface area contributed by atoms with Crippen LogP contribution < -0.4 is 9.84 Å². The molecular formula is C10H20ClN5O2S. The first-order chi connectivity index (χ1) is 8.56. The molecule has 1 fully saturated rings. The van der Waals surface area contributed by atoms with Gasteiger partial charge in [-0.2, -0.15) is 5.10 Å². The van der Waals surface area contributed by atoms with Crippen molar-refractivity contribution in [3.63, 3.8) is 0 Å². The van der Waals surface area contributed by atoms with E-state index in [1.165, 1.54) is 10.6 Å². The summed E-state index contributed by atoms with van der Waals surface area (Å²) in [7, 11) is 1.08. The van der Waals surface area contributed by atoms with Gasteiger partial charge in [-0.3, -0.25) is 4.68 Å². The lowest BCUT2D eigenvalue weighted by molar-refractivity contribution is 0.229. The first-order valence-electron chi connectivity index (χ1n) is 5.94. The van der Waals surface area contributed by atoms with Crippen molar-refractivity contribution in [2.24, 2.45) is 7.05 Å². The zero-order chi connectivity index (χ0) is 13.1. The molecule has 0 radical (unpaired) electrons. The highest BCUT2D eigenvalue weighted by Crippen LogP contribution is 2.13. The van der Waals surface area contributed by atoms with E-state index in [-0.39, 0.29) is 18.4 Å². The minimum Gasteiger partial charge on any atom is -0.305 e. The van der Waals surface area contributed by atoms with Crippen LogP contribution >= 0.6 is 12.4 Å². The summed E-state index contributed by atoms with van der Waals surface area (Å²) < 4.78 is 25.4. The molecule has 1 N–H and O–H groups in total. The highest BCUT2D eigenvalue weighted by Gasteiger charge is 2.21. The van der Waals surface area contributed by atoms with Crippen molar-refractivity contribution in [1.29, 1.82) is 0 Å². The molecule has 2 heterocycles. The Morgan fingerprint density at radius 2 is 2.21 bits per heavy atom. The van der Waals surface area contributed by atoms with E-state index < -0.39 is 10.9 Å². The molecule has 7 nitrogen and oxygen atoms in total. The van der Waals surface area contributed by atoms with Gasteiger partial charge in [0.05, 0.1) is 12.4 Å². The standard InChI is InChI=1S/C10H19N5O2S.ClH/c1-13-5-3-4-9(7-13)12-15(18(16)17)10-6-11-14(2)8-10;/h6,8-9,12,18H,3-5,7H2,1-2H3;1H/t9-;/m0./s1. The summed E-state index contributed by atoms with van der Waals surface area (Å²) in [5.74, 6) is 0. The lowest BCUT2D eigenvalue weighted by atomic mass is 10.1. The van der Waals surface area contributed by atoms with Gasteiger partial charge < -0.3 is 4.90 Å². The van der Waals surface area contributed by atoms with Gasteiger partial charge in [0.2, 0.25) is 10.9 Å². The van der Waals surface area contributed by atoms with Crippen molar-refractivity contribution in [1.82, 2.24) is 20.1 Å². The molecule has 1 aliphatic rings. The number of halogens is 1. The van der Waals surface area contributed by atoms with Crippen LogP contribution in [0.1, 0.15) is 12.8 Å². The van der Waals surface area contributed by atoms with E-state index in [4.69, 9.17) is 0 Å². The lowest BCUT2D eigenvalue weighted by Gasteiger charge is -2.32. The van der Waals surface area contributed by atoms with Crippen molar-refractivity contribution in [2.75, 3.05) is 24.6 Å². The third-order valence-corrected chi connectivity index (χ3v) is 3.70. The van der Waals surface area contributed by atoms with E-state index >= 15 is 0 Å². The molecule has 1 atom stereocenters. The van der Waals surface area contributed by atoms with Crippen molar-refractivity contribution in [3.05, 3.63) is 12.4 Å². The van der Waals surface area contributed by atoms with E-state index in [1.54, 1.807) is 17.9 Å². The Hall–Kier alpha value is -0.830. The fraction of sp³-hybridized carbons (Fsp3) is 0.700. The Bertz CT molecular complexity index is 470. The van der Waals surface area contributed by atoms with Crippen LogP contribution in [0.4, 0.5) is 5.69 Å². The number of thiol groups is 1. The highest BCUT2D eigenvalue weighted by molar-refractivity contribution is 7.73. The molecule has 0 amide bonds. The van der Waals surface area contributed by atoms with Gasteiger partial charge in [0.25, 0.3) is 0 Å². The van der Waals surface area contributed by atoms with Gasteiger partial charge in [0.15, 0.2) is 0 Å². The summed E-state index contributed by atoms with van der Waals surface area (Å²) in [6.07, 6.45) is 5.25. The molecule has 0 saturated carbocycles. The third-order valence-electron chi connectivity index (χ3n) is 3.03. The summed E-state index contributed by atoms with van der Waals surface area (Å²) in [6, 6.07) is 0.150. The first kappa shape index (κ1) is 16.2. The summed E-state index contributed by atoms with van der Waals surface area (Å²) in [4.78, 5) is 2.19. The summed E-state index contributed by atoms with van der Waals surface area (Å²) >= 11 is 0. The maximum atomic E-state index is 11.3. The van der Waals surface area contributed by atoms with Gasteiger partial charge in [0.1, 0.15) is 5.69 Å². The minimum atomic E-state index is -2.72. The second-order valence-electron chi connectivity index (χ2n) is 4.65. The van der Waals surface area contributed by atoms with Crippen molar-refractivity contribution >= 4 is 29.0 Å². The summed E-state index contributed by atoms with van der Waals surface area (Å²) in [6.45, 7) is 1.91. The van der Waals surface area contributed by atoms with Crippen LogP contribution in [-0.2, 0) is 17.9 Å². The molecule has 0 spiro atoms. The molecule has 9 heteroatoms. The number of likely N-dealkylation sites (tertiary alicyclic amines) is 1. The molecule has 0 unspecified atom stereocenters. The molecule has 0 aromatic carbocycles. The number of rotatable bonds is 4. The number of hydrazine groups is 1. The fourth-order valence-electron chi connectivity index (χ4n) is 2.18. The molecule has 2 rings (SSSR count). The fourth-order valence-corrected chi connectivity index (χ4v) is 2.73. The lowest BCUT2D eigenvalue weighted by Crippen LogP contribution is -2.51. The SMILES string of the molecule is CN1CCC[C@H](NN(c2cnn(C)c2)[SH](=O)=O)C1.Cl. The van der Waals surface area contributed by atoms with Gasteiger partial charge in [-0.25, -0.2) is 18.3 Å². The molecule has 1 aromatic rings. The van der Waals surface area contributed by atoms with E-state index in [0.717, 1.165) is 25.9 Å². The normalized spacial score (nSPS) is 20.3. The topological polar surface area (TPSA) is 70.5 Å². The smallest absolute Gasteiger partial charge is 0.238 e. The number of aromatic nitrogens is 2. The van der Waals surface area contributed by atoms with Crippen LogP contribution in [0, 0.1) is 0 Å². The number of hydrogen-bond donors (Lipinski definition) is 2. The predicted octanol–water partition coefficient (Wildman–Crippen LogP) is -0.227. The number of aryl methyl sites for hydroxylation is 1. The van der Waals surface area contributed by atoms with Gasteiger partial charge in [-0.1, -0.05) is 0 Å². The second kappa shape index (κ2) is 7.09. The van der Waals surface area contributed by atoms with Crippen LogP contribution in [0.15, 0.2) is 12.4 Å². The number of nitrogens with one attached hydrogen (secondary N) is 1. The zero-order valence-corrected chi connectivity index (χ0v) is 12.7. The number of likely N-dealkylation sites (N-methyl/N-ethyl adjacent to an activating group) is 1. The average Bonchev–Trinajstić information content (AvgIpc) is 2.72. The molecular weight excluding hydrogens is 290 g/mol. The Balaban J connectivity index is 0.00000180. The molecule has 1 aromatic heterocycles. The van der Waals surface area contributed by atoms with Gasteiger partial charge in [-0.15, -0.1) is 12.4 Å². The Kier molecular flexibility index (Phi) is 6.05. The van der Waals surface area contributed by atoms with Gasteiger partial charge >= 0.3 is 0 Å². The van der Waals surface area contributed by atoms with E-state index in [9.17, 15) is 8.42 Å². The Labute approximate surface area is 121 Å². The van der Waals surface area contributed by atoms with Crippen LogP contribution in [0.3, 0.4) is 0 Å². The monoisotopic (exact) mass is 309 g/mol. The Morgan fingerprint density at radius 3 is 2.74 bits per heavy atom. The molecule has 1 aliphatic heterocycles. The third kappa shape index (κ3) is 4.34.